The number of carbonyl (C=O) groups excluding carboxylic acids is 1. The molecule has 0 radical (unpaired) electrons. The SMILES string of the molecule is CCOC(=O)CC1(C[N+](=O)[O-])CCN(C(C)(C)C)CC1. The summed E-state index contributed by atoms with van der Waals surface area (Å²) in [5, 5.41) is 10.9. The highest BCUT2D eigenvalue weighted by atomic mass is 16.6. The van der Waals surface area contributed by atoms with Crippen LogP contribution < -0.4 is 0 Å². The van der Waals surface area contributed by atoms with E-state index < -0.39 is 5.41 Å². The predicted molar refractivity (Wildman–Crippen MR) is 76.1 cm³/mol. The van der Waals surface area contributed by atoms with Crippen molar-refractivity contribution in [1.29, 1.82) is 0 Å². The summed E-state index contributed by atoms with van der Waals surface area (Å²) in [4.78, 5) is 24.7. The van der Waals surface area contributed by atoms with Gasteiger partial charge in [0.05, 0.1) is 13.0 Å². The number of nitro groups is 1. The number of rotatable bonds is 5. The van der Waals surface area contributed by atoms with Gasteiger partial charge >= 0.3 is 5.97 Å². The number of nitrogens with zero attached hydrogens (tertiary/aromatic N) is 2. The first-order valence-corrected chi connectivity index (χ1v) is 7.21. The van der Waals surface area contributed by atoms with Gasteiger partial charge in [0, 0.05) is 15.9 Å². The monoisotopic (exact) mass is 286 g/mol. The van der Waals surface area contributed by atoms with Gasteiger partial charge in [-0.2, -0.15) is 0 Å². The van der Waals surface area contributed by atoms with Crippen molar-refractivity contribution < 1.29 is 14.5 Å². The van der Waals surface area contributed by atoms with Crippen LogP contribution in [0.15, 0.2) is 0 Å². The van der Waals surface area contributed by atoms with Gasteiger partial charge < -0.3 is 4.74 Å². The molecule has 1 rings (SSSR count). The fourth-order valence-electron chi connectivity index (χ4n) is 2.83. The second kappa shape index (κ2) is 6.52. The predicted octanol–water partition coefficient (Wildman–Crippen LogP) is 2.10. The van der Waals surface area contributed by atoms with Crippen LogP contribution in [0.25, 0.3) is 0 Å². The molecule has 1 aliphatic heterocycles. The van der Waals surface area contributed by atoms with Crippen molar-refractivity contribution in [3.8, 4) is 0 Å². The number of hydrogen-bond acceptors (Lipinski definition) is 5. The Labute approximate surface area is 120 Å². The number of piperidine rings is 1. The molecule has 0 aromatic carbocycles. The molecule has 0 unspecified atom stereocenters. The lowest BCUT2D eigenvalue weighted by atomic mass is 9.75. The lowest BCUT2D eigenvalue weighted by Gasteiger charge is -2.44. The van der Waals surface area contributed by atoms with Crippen LogP contribution >= 0.6 is 0 Å². The zero-order valence-electron chi connectivity index (χ0n) is 13.0. The Balaban J connectivity index is 2.73. The van der Waals surface area contributed by atoms with Crippen molar-refractivity contribution in [2.75, 3.05) is 26.2 Å². The third-order valence-electron chi connectivity index (χ3n) is 4.06. The summed E-state index contributed by atoms with van der Waals surface area (Å²) in [6.45, 7) is 9.91. The van der Waals surface area contributed by atoms with Gasteiger partial charge in [-0.15, -0.1) is 0 Å². The molecule has 1 heterocycles. The maximum Gasteiger partial charge on any atom is 0.306 e. The fraction of sp³-hybridized carbons (Fsp3) is 0.929. The molecule has 0 aromatic heterocycles. The number of likely N-dealkylation sites (tertiary alicyclic amines) is 1. The summed E-state index contributed by atoms with van der Waals surface area (Å²) < 4.78 is 4.97. The van der Waals surface area contributed by atoms with E-state index in [1.54, 1.807) is 6.92 Å². The van der Waals surface area contributed by atoms with Crippen LogP contribution in [0.2, 0.25) is 0 Å². The van der Waals surface area contributed by atoms with E-state index in [9.17, 15) is 14.9 Å². The summed E-state index contributed by atoms with van der Waals surface area (Å²) >= 11 is 0. The minimum atomic E-state index is -0.544. The van der Waals surface area contributed by atoms with E-state index >= 15 is 0 Å². The number of esters is 1. The minimum absolute atomic E-state index is 0.0602. The molecular formula is C14H26N2O4. The third kappa shape index (κ3) is 4.74. The van der Waals surface area contributed by atoms with E-state index in [1.165, 1.54) is 0 Å². The molecule has 0 aromatic rings. The number of carbonyl (C=O) groups is 1. The molecular weight excluding hydrogens is 260 g/mol. The molecule has 0 spiro atoms. The third-order valence-corrected chi connectivity index (χ3v) is 4.06. The van der Waals surface area contributed by atoms with Gasteiger partial charge in [-0.3, -0.25) is 19.8 Å². The largest absolute Gasteiger partial charge is 0.466 e. The topological polar surface area (TPSA) is 72.7 Å². The molecule has 0 aliphatic carbocycles. The highest BCUT2D eigenvalue weighted by molar-refractivity contribution is 5.70. The molecule has 116 valence electrons. The van der Waals surface area contributed by atoms with Crippen LogP contribution in [0.3, 0.4) is 0 Å². The van der Waals surface area contributed by atoms with Gasteiger partial charge in [-0.05, 0) is 53.6 Å². The van der Waals surface area contributed by atoms with E-state index in [2.05, 4.69) is 25.7 Å². The summed E-state index contributed by atoms with van der Waals surface area (Å²) in [6, 6.07) is 0. The van der Waals surface area contributed by atoms with Crippen molar-refractivity contribution >= 4 is 5.97 Å². The fourth-order valence-corrected chi connectivity index (χ4v) is 2.83. The van der Waals surface area contributed by atoms with E-state index in [0.717, 1.165) is 13.1 Å². The first kappa shape index (κ1) is 16.9. The molecule has 20 heavy (non-hydrogen) atoms. The number of ether oxygens (including phenoxy) is 1. The molecule has 0 amide bonds. The molecule has 0 N–H and O–H groups in total. The van der Waals surface area contributed by atoms with Crippen LogP contribution in [0.1, 0.15) is 47.0 Å². The Kier molecular flexibility index (Phi) is 5.50. The lowest BCUT2D eigenvalue weighted by Crippen LogP contribution is -2.51. The van der Waals surface area contributed by atoms with Crippen LogP contribution in [-0.4, -0.2) is 47.6 Å². The molecule has 1 saturated heterocycles. The molecule has 0 atom stereocenters. The van der Waals surface area contributed by atoms with Gasteiger partial charge in [-0.1, -0.05) is 0 Å². The Morgan fingerprint density at radius 2 is 1.90 bits per heavy atom. The van der Waals surface area contributed by atoms with E-state index in [1.807, 2.05) is 0 Å². The zero-order valence-corrected chi connectivity index (χ0v) is 13.0. The number of hydrogen-bond donors (Lipinski definition) is 0. The van der Waals surface area contributed by atoms with Crippen LogP contribution in [0.5, 0.6) is 0 Å². The first-order chi connectivity index (χ1) is 9.18. The molecule has 0 bridgehead atoms. The van der Waals surface area contributed by atoms with Crippen molar-refractivity contribution in [3.05, 3.63) is 10.1 Å². The van der Waals surface area contributed by atoms with E-state index in [4.69, 9.17) is 4.74 Å². The molecule has 6 nitrogen and oxygen atoms in total. The highest BCUT2D eigenvalue weighted by Crippen LogP contribution is 2.37. The average molecular weight is 286 g/mol. The van der Waals surface area contributed by atoms with Gasteiger partial charge in [0.25, 0.3) is 0 Å². The average Bonchev–Trinajstić information content (AvgIpc) is 2.27. The summed E-state index contributed by atoms with van der Waals surface area (Å²) in [6.07, 6.45) is 1.49. The minimum Gasteiger partial charge on any atom is -0.466 e. The Morgan fingerprint density at radius 1 is 1.35 bits per heavy atom. The van der Waals surface area contributed by atoms with Crippen LogP contribution in [0, 0.1) is 15.5 Å². The summed E-state index contributed by atoms with van der Waals surface area (Å²) in [5.41, 5.74) is -0.484. The Morgan fingerprint density at radius 3 is 2.30 bits per heavy atom. The molecule has 1 aliphatic rings. The Bertz CT molecular complexity index is 355. The quantitative estimate of drug-likeness (QED) is 0.439. The van der Waals surface area contributed by atoms with Crippen molar-refractivity contribution in [1.82, 2.24) is 4.90 Å². The van der Waals surface area contributed by atoms with Crippen LogP contribution in [0.4, 0.5) is 0 Å². The van der Waals surface area contributed by atoms with Gasteiger partial charge in [0.1, 0.15) is 0 Å². The lowest BCUT2D eigenvalue weighted by molar-refractivity contribution is -0.499. The van der Waals surface area contributed by atoms with Gasteiger partial charge in [0.15, 0.2) is 0 Å². The Hall–Kier alpha value is -1.17. The summed E-state index contributed by atoms with van der Waals surface area (Å²) in [5.74, 6) is -0.321. The maximum absolute atomic E-state index is 11.7. The van der Waals surface area contributed by atoms with Gasteiger partial charge in [-0.25, -0.2) is 0 Å². The second-order valence-electron chi connectivity index (χ2n) is 6.63. The molecule has 0 saturated carbocycles. The summed E-state index contributed by atoms with van der Waals surface area (Å²) in [7, 11) is 0. The first-order valence-electron chi connectivity index (χ1n) is 7.21. The van der Waals surface area contributed by atoms with Crippen LogP contribution in [-0.2, 0) is 9.53 Å². The van der Waals surface area contributed by atoms with Crippen molar-refractivity contribution in [3.63, 3.8) is 0 Å². The van der Waals surface area contributed by atoms with Crippen molar-refractivity contribution in [2.24, 2.45) is 5.41 Å². The highest BCUT2D eigenvalue weighted by Gasteiger charge is 2.43. The normalized spacial score (nSPS) is 19.6. The maximum atomic E-state index is 11.7. The van der Waals surface area contributed by atoms with Crippen molar-refractivity contribution in [2.45, 2.75) is 52.5 Å². The molecule has 6 heteroatoms. The standard InChI is InChI=1S/C14H26N2O4/c1-5-20-12(17)10-14(11-16(18)19)6-8-15(9-7-14)13(2,3)4/h5-11H2,1-4H3. The van der Waals surface area contributed by atoms with E-state index in [-0.39, 0.29) is 29.4 Å². The van der Waals surface area contributed by atoms with Gasteiger partial charge in [0.2, 0.25) is 6.54 Å². The molecule has 1 fully saturated rings. The smallest absolute Gasteiger partial charge is 0.306 e. The zero-order chi connectivity index (χ0) is 15.4. The van der Waals surface area contributed by atoms with E-state index in [0.29, 0.717) is 19.4 Å². The second-order valence-corrected chi connectivity index (χ2v) is 6.63.